The lowest BCUT2D eigenvalue weighted by atomic mass is 10.2. The van der Waals surface area contributed by atoms with Crippen molar-refractivity contribution < 1.29 is 28.7 Å². The number of benzene rings is 1. The molecule has 1 rings (SSSR count). The number of nitro groups is 1. The molecule has 130 valence electrons. The van der Waals surface area contributed by atoms with E-state index in [-0.39, 0.29) is 17.1 Å². The van der Waals surface area contributed by atoms with Crippen LogP contribution in [0.2, 0.25) is 0 Å². The van der Waals surface area contributed by atoms with E-state index in [1.54, 1.807) is 6.92 Å². The van der Waals surface area contributed by atoms with Gasteiger partial charge in [0, 0.05) is 12.1 Å². The Morgan fingerprint density at radius 2 is 2.00 bits per heavy atom. The fourth-order valence-corrected chi connectivity index (χ4v) is 2.08. The molecule has 0 atom stereocenters. The van der Waals surface area contributed by atoms with Gasteiger partial charge in [-0.1, -0.05) is 0 Å². The molecule has 9 nitrogen and oxygen atoms in total. The molecule has 24 heavy (non-hydrogen) atoms. The Morgan fingerprint density at radius 3 is 2.50 bits per heavy atom. The highest BCUT2D eigenvalue weighted by Crippen LogP contribution is 2.36. The monoisotopic (exact) mass is 402 g/mol. The van der Waals surface area contributed by atoms with Crippen molar-refractivity contribution >= 4 is 39.2 Å². The summed E-state index contributed by atoms with van der Waals surface area (Å²) in [5, 5.41) is 13.7. The zero-order valence-corrected chi connectivity index (χ0v) is 14.7. The standard InChI is InChI=1S/C14H15BrN2O7/c1-4-24-12-6-9(11(17(20)21)5-8(12)15)16-10(14(19)23-3)7-13(18)22-2/h5-7,16H,4H2,1-3H3/b10-7+. The third-order valence-electron chi connectivity index (χ3n) is 2.68. The van der Waals surface area contributed by atoms with Gasteiger partial charge in [0.05, 0.1) is 36.3 Å². The average molecular weight is 403 g/mol. The van der Waals surface area contributed by atoms with E-state index in [0.29, 0.717) is 16.8 Å². The summed E-state index contributed by atoms with van der Waals surface area (Å²) in [4.78, 5) is 33.7. The average Bonchev–Trinajstić information content (AvgIpc) is 2.55. The highest BCUT2D eigenvalue weighted by Gasteiger charge is 2.22. The summed E-state index contributed by atoms with van der Waals surface area (Å²) in [6, 6.07) is 2.56. The van der Waals surface area contributed by atoms with Gasteiger partial charge in [0.25, 0.3) is 5.69 Å². The lowest BCUT2D eigenvalue weighted by Gasteiger charge is -2.12. The molecule has 0 aliphatic heterocycles. The Balaban J connectivity index is 3.37. The molecular formula is C14H15BrN2O7. The molecule has 0 unspecified atom stereocenters. The molecule has 0 bridgehead atoms. The molecule has 1 aromatic rings. The van der Waals surface area contributed by atoms with Gasteiger partial charge in [0.15, 0.2) is 0 Å². The van der Waals surface area contributed by atoms with Crippen LogP contribution >= 0.6 is 15.9 Å². The summed E-state index contributed by atoms with van der Waals surface area (Å²) in [6.07, 6.45) is 0.831. The fourth-order valence-electron chi connectivity index (χ4n) is 1.64. The number of carbonyl (C=O) groups is 2. The van der Waals surface area contributed by atoms with Crippen LogP contribution in [0.5, 0.6) is 5.75 Å². The number of hydrogen-bond donors (Lipinski definition) is 1. The van der Waals surface area contributed by atoms with Crippen LogP contribution in [-0.2, 0) is 19.1 Å². The molecule has 0 aliphatic carbocycles. The second-order valence-corrected chi connectivity index (χ2v) is 5.04. The largest absolute Gasteiger partial charge is 0.493 e. The fraction of sp³-hybridized carbons (Fsp3) is 0.286. The van der Waals surface area contributed by atoms with Crippen molar-refractivity contribution in [1.82, 2.24) is 0 Å². The van der Waals surface area contributed by atoms with Crippen LogP contribution in [0, 0.1) is 10.1 Å². The van der Waals surface area contributed by atoms with Crippen LogP contribution in [0.3, 0.4) is 0 Å². The topological polar surface area (TPSA) is 117 Å². The third-order valence-corrected chi connectivity index (χ3v) is 3.30. The summed E-state index contributed by atoms with van der Waals surface area (Å²) < 4.78 is 14.7. The lowest BCUT2D eigenvalue weighted by molar-refractivity contribution is -0.384. The number of carbonyl (C=O) groups excluding carboxylic acids is 2. The van der Waals surface area contributed by atoms with E-state index in [2.05, 4.69) is 30.7 Å². The van der Waals surface area contributed by atoms with Crippen molar-refractivity contribution in [3.63, 3.8) is 0 Å². The molecule has 0 spiro atoms. The summed E-state index contributed by atoms with van der Waals surface area (Å²) in [5.41, 5.74) is -0.700. The second kappa shape index (κ2) is 8.87. The quantitative estimate of drug-likeness (QED) is 0.319. The SMILES string of the molecule is CCOc1cc(N/C(=C/C(=O)OC)C(=O)OC)c([N+](=O)[O-])cc1Br. The number of anilines is 1. The number of nitrogens with one attached hydrogen (secondary N) is 1. The zero-order chi connectivity index (χ0) is 18.3. The number of rotatable bonds is 7. The van der Waals surface area contributed by atoms with Crippen molar-refractivity contribution in [2.75, 3.05) is 26.1 Å². The summed E-state index contributed by atoms with van der Waals surface area (Å²) in [5.74, 6) is -1.39. The molecule has 10 heteroatoms. The van der Waals surface area contributed by atoms with Gasteiger partial charge in [-0.15, -0.1) is 0 Å². The molecule has 1 N–H and O–H groups in total. The van der Waals surface area contributed by atoms with Crippen LogP contribution in [0.4, 0.5) is 11.4 Å². The normalized spacial score (nSPS) is 10.8. The number of halogens is 1. The van der Waals surface area contributed by atoms with Crippen molar-refractivity contribution in [2.24, 2.45) is 0 Å². The van der Waals surface area contributed by atoms with E-state index in [1.807, 2.05) is 0 Å². The summed E-state index contributed by atoms with van der Waals surface area (Å²) in [6.45, 7) is 2.08. The van der Waals surface area contributed by atoms with Crippen molar-refractivity contribution in [1.29, 1.82) is 0 Å². The number of nitrogens with zero attached hydrogens (tertiary/aromatic N) is 1. The number of methoxy groups -OCH3 is 2. The Morgan fingerprint density at radius 1 is 1.33 bits per heavy atom. The molecule has 0 radical (unpaired) electrons. The van der Waals surface area contributed by atoms with Crippen LogP contribution in [0.15, 0.2) is 28.4 Å². The van der Waals surface area contributed by atoms with E-state index < -0.39 is 16.9 Å². The first-order valence-corrected chi connectivity index (χ1v) is 7.39. The first kappa shape index (κ1) is 19.4. The van der Waals surface area contributed by atoms with Crippen LogP contribution in [-0.4, -0.2) is 37.7 Å². The maximum Gasteiger partial charge on any atom is 0.354 e. The van der Waals surface area contributed by atoms with Gasteiger partial charge in [0.2, 0.25) is 0 Å². The Kier molecular flexibility index (Phi) is 7.18. The summed E-state index contributed by atoms with van der Waals surface area (Å²) in [7, 11) is 2.24. The van der Waals surface area contributed by atoms with Gasteiger partial charge in [0.1, 0.15) is 17.1 Å². The smallest absolute Gasteiger partial charge is 0.354 e. The highest BCUT2D eigenvalue weighted by molar-refractivity contribution is 9.10. The van der Waals surface area contributed by atoms with Gasteiger partial charge in [-0.25, -0.2) is 9.59 Å². The van der Waals surface area contributed by atoms with E-state index in [9.17, 15) is 19.7 Å². The van der Waals surface area contributed by atoms with Crippen molar-refractivity contribution in [3.8, 4) is 5.75 Å². The van der Waals surface area contributed by atoms with E-state index >= 15 is 0 Å². The van der Waals surface area contributed by atoms with E-state index in [4.69, 9.17) is 4.74 Å². The minimum absolute atomic E-state index is 0.0489. The lowest BCUT2D eigenvalue weighted by Crippen LogP contribution is -2.16. The highest BCUT2D eigenvalue weighted by atomic mass is 79.9. The molecular weight excluding hydrogens is 388 g/mol. The van der Waals surface area contributed by atoms with Gasteiger partial charge < -0.3 is 19.5 Å². The predicted molar refractivity (Wildman–Crippen MR) is 87.7 cm³/mol. The molecule has 0 fully saturated rings. The molecule has 1 aromatic carbocycles. The van der Waals surface area contributed by atoms with Crippen LogP contribution in [0.1, 0.15) is 6.92 Å². The number of hydrogen-bond acceptors (Lipinski definition) is 8. The number of ether oxygens (including phenoxy) is 3. The molecule has 0 aromatic heterocycles. The van der Waals surface area contributed by atoms with Gasteiger partial charge in [-0.2, -0.15) is 0 Å². The first-order chi connectivity index (χ1) is 11.3. The van der Waals surface area contributed by atoms with E-state index in [1.165, 1.54) is 12.1 Å². The second-order valence-electron chi connectivity index (χ2n) is 4.19. The maximum absolute atomic E-state index is 11.8. The molecule has 0 saturated heterocycles. The molecule has 0 aliphatic rings. The van der Waals surface area contributed by atoms with E-state index in [0.717, 1.165) is 20.3 Å². The predicted octanol–water partition coefficient (Wildman–Crippen LogP) is 2.40. The first-order valence-electron chi connectivity index (χ1n) is 6.59. The molecule has 0 saturated carbocycles. The Bertz CT molecular complexity index is 688. The van der Waals surface area contributed by atoms with Gasteiger partial charge in [-0.05, 0) is 22.9 Å². The van der Waals surface area contributed by atoms with Crippen LogP contribution in [0.25, 0.3) is 0 Å². The third kappa shape index (κ3) is 4.95. The zero-order valence-electron chi connectivity index (χ0n) is 13.1. The Hall–Kier alpha value is -2.62. The van der Waals surface area contributed by atoms with Gasteiger partial charge in [-0.3, -0.25) is 10.1 Å². The van der Waals surface area contributed by atoms with Gasteiger partial charge >= 0.3 is 11.9 Å². The summed E-state index contributed by atoms with van der Waals surface area (Å²) >= 11 is 3.17. The minimum Gasteiger partial charge on any atom is -0.493 e. The van der Waals surface area contributed by atoms with Crippen LogP contribution < -0.4 is 10.1 Å². The minimum atomic E-state index is -0.893. The van der Waals surface area contributed by atoms with Crippen molar-refractivity contribution in [2.45, 2.75) is 6.92 Å². The maximum atomic E-state index is 11.8. The number of nitro benzene ring substituents is 1. The molecule has 0 heterocycles. The Labute approximate surface area is 145 Å². The number of esters is 2. The van der Waals surface area contributed by atoms with Crippen molar-refractivity contribution in [3.05, 3.63) is 38.5 Å². The molecule has 0 amide bonds.